The van der Waals surface area contributed by atoms with Crippen LogP contribution >= 0.6 is 24.0 Å². The fraction of sp³-hybridized carbons (Fsp3) is 0. The normalized spacial score (nSPS) is 15.3. The van der Waals surface area contributed by atoms with Crippen molar-refractivity contribution in [1.82, 2.24) is 10.4 Å². The van der Waals surface area contributed by atoms with Gasteiger partial charge in [0.05, 0.1) is 9.83 Å². The van der Waals surface area contributed by atoms with E-state index < -0.39 is 16.7 Å². The van der Waals surface area contributed by atoms with E-state index in [1.165, 1.54) is 54.6 Å². The van der Waals surface area contributed by atoms with Gasteiger partial charge in [-0.15, -0.1) is 0 Å². The molecule has 1 heterocycles. The summed E-state index contributed by atoms with van der Waals surface area (Å²) in [5, 5.41) is 20.9. The monoisotopic (exact) mass is 401 g/mol. The molecule has 0 bridgehead atoms. The van der Waals surface area contributed by atoms with Crippen molar-refractivity contribution in [3.05, 3.63) is 74.7 Å². The molecule has 1 aliphatic rings. The van der Waals surface area contributed by atoms with Gasteiger partial charge in [-0.3, -0.25) is 25.1 Å². The number of hydrazine groups is 1. The maximum absolute atomic E-state index is 12.5. The lowest BCUT2D eigenvalue weighted by Crippen LogP contribution is -2.44. The summed E-state index contributed by atoms with van der Waals surface area (Å²) in [5.41, 5.74) is 3.21. The Bertz CT molecular complexity index is 971. The number of thiocarbonyl (C=S) groups is 1. The smallest absolute Gasteiger partial charge is 0.285 e. The standard InChI is InChI=1S/C17H11N3O5S2/c21-13-7-3-11(4-8-13)15(22)18-19-16(23)14(27-17(19)26)9-10-1-5-12(6-2-10)20(24)25/h1-9,21H,(H,18,22). The van der Waals surface area contributed by atoms with E-state index >= 15 is 0 Å². The maximum atomic E-state index is 12.5. The van der Waals surface area contributed by atoms with Gasteiger partial charge < -0.3 is 5.11 Å². The van der Waals surface area contributed by atoms with E-state index in [4.69, 9.17) is 12.2 Å². The van der Waals surface area contributed by atoms with Gasteiger partial charge in [0, 0.05) is 17.7 Å². The van der Waals surface area contributed by atoms with Crippen LogP contribution in [0.3, 0.4) is 0 Å². The number of hydrogen-bond acceptors (Lipinski definition) is 7. The van der Waals surface area contributed by atoms with Crippen LogP contribution in [0.25, 0.3) is 6.08 Å². The number of rotatable bonds is 4. The third-order valence-electron chi connectivity index (χ3n) is 3.54. The summed E-state index contributed by atoms with van der Waals surface area (Å²) in [6.07, 6.45) is 1.54. The summed E-state index contributed by atoms with van der Waals surface area (Å²) in [6.45, 7) is 0. The van der Waals surface area contributed by atoms with Crippen LogP contribution < -0.4 is 5.43 Å². The molecular formula is C17H11N3O5S2. The van der Waals surface area contributed by atoms with Crippen molar-refractivity contribution in [2.75, 3.05) is 0 Å². The second-order valence-corrected chi connectivity index (χ2v) is 7.03. The average molecular weight is 401 g/mol. The van der Waals surface area contributed by atoms with Crippen molar-refractivity contribution in [2.24, 2.45) is 0 Å². The number of hydrogen-bond donors (Lipinski definition) is 2. The molecule has 0 atom stereocenters. The van der Waals surface area contributed by atoms with E-state index in [0.717, 1.165) is 16.8 Å². The lowest BCUT2D eigenvalue weighted by atomic mass is 10.2. The molecule has 2 aromatic rings. The van der Waals surface area contributed by atoms with Gasteiger partial charge in [0.15, 0.2) is 4.32 Å². The van der Waals surface area contributed by atoms with Gasteiger partial charge in [-0.1, -0.05) is 11.8 Å². The number of phenolic OH excluding ortho intramolecular Hbond substituents is 1. The number of nitro benzene ring substituents is 1. The molecule has 2 amide bonds. The van der Waals surface area contributed by atoms with E-state index in [9.17, 15) is 24.8 Å². The third-order valence-corrected chi connectivity index (χ3v) is 4.84. The van der Waals surface area contributed by atoms with Gasteiger partial charge in [0.25, 0.3) is 17.5 Å². The molecule has 1 aliphatic heterocycles. The van der Waals surface area contributed by atoms with Crippen molar-refractivity contribution in [2.45, 2.75) is 0 Å². The van der Waals surface area contributed by atoms with Gasteiger partial charge in [-0.05, 0) is 60.3 Å². The van der Waals surface area contributed by atoms with Crippen LogP contribution in [0.5, 0.6) is 5.75 Å². The minimum atomic E-state index is -0.553. The molecule has 1 saturated heterocycles. The number of phenols is 1. The molecule has 0 saturated carbocycles. The number of aromatic hydroxyl groups is 1. The quantitative estimate of drug-likeness (QED) is 0.350. The molecule has 10 heteroatoms. The molecule has 0 unspecified atom stereocenters. The fourth-order valence-electron chi connectivity index (χ4n) is 2.19. The van der Waals surface area contributed by atoms with E-state index in [1.54, 1.807) is 0 Å². The predicted octanol–water partition coefficient (Wildman–Crippen LogP) is 2.85. The average Bonchev–Trinajstić information content (AvgIpc) is 2.90. The summed E-state index contributed by atoms with van der Waals surface area (Å²) < 4.78 is 0.153. The van der Waals surface area contributed by atoms with Crippen LogP contribution in [0.1, 0.15) is 15.9 Å². The fourth-order valence-corrected chi connectivity index (χ4v) is 3.37. The van der Waals surface area contributed by atoms with Gasteiger partial charge in [0.1, 0.15) is 5.75 Å². The summed E-state index contributed by atoms with van der Waals surface area (Å²) in [4.78, 5) is 35.2. The molecule has 8 nitrogen and oxygen atoms in total. The Morgan fingerprint density at radius 3 is 2.41 bits per heavy atom. The largest absolute Gasteiger partial charge is 0.508 e. The van der Waals surface area contributed by atoms with Gasteiger partial charge in [0.2, 0.25) is 0 Å². The highest BCUT2D eigenvalue weighted by atomic mass is 32.2. The molecule has 1 fully saturated rings. The van der Waals surface area contributed by atoms with Gasteiger partial charge in [-0.25, -0.2) is 0 Å². The second-order valence-electron chi connectivity index (χ2n) is 5.35. The summed E-state index contributed by atoms with van der Waals surface area (Å²) in [6, 6.07) is 11.2. The SMILES string of the molecule is O=C(NN1C(=O)C(=Cc2ccc([N+](=O)[O-])cc2)SC1=S)c1ccc(O)cc1. The Hall–Kier alpha value is -3.24. The number of thioether (sulfide) groups is 1. The zero-order valence-electron chi connectivity index (χ0n) is 13.5. The highest BCUT2D eigenvalue weighted by Gasteiger charge is 2.33. The first-order valence-corrected chi connectivity index (χ1v) is 8.70. The number of carbonyl (C=O) groups is 2. The van der Waals surface area contributed by atoms with Crippen molar-refractivity contribution < 1.29 is 19.6 Å². The molecule has 0 spiro atoms. The van der Waals surface area contributed by atoms with E-state index in [2.05, 4.69) is 5.43 Å². The topological polar surface area (TPSA) is 113 Å². The van der Waals surface area contributed by atoms with Crippen LogP contribution in [-0.2, 0) is 4.79 Å². The van der Waals surface area contributed by atoms with Crippen LogP contribution in [0, 0.1) is 10.1 Å². The van der Waals surface area contributed by atoms with E-state index in [0.29, 0.717) is 5.56 Å². The second kappa shape index (κ2) is 7.56. The summed E-state index contributed by atoms with van der Waals surface area (Å²) in [7, 11) is 0. The molecule has 3 rings (SSSR count). The van der Waals surface area contributed by atoms with E-state index in [1.807, 2.05) is 0 Å². The Balaban J connectivity index is 1.75. The number of nitrogens with one attached hydrogen (secondary N) is 1. The van der Waals surface area contributed by atoms with Crippen molar-refractivity contribution in [1.29, 1.82) is 0 Å². The Kier molecular flexibility index (Phi) is 5.19. The number of amides is 2. The maximum Gasteiger partial charge on any atom is 0.285 e. The number of non-ortho nitro benzene ring substituents is 1. The zero-order valence-corrected chi connectivity index (χ0v) is 15.1. The highest BCUT2D eigenvalue weighted by Crippen LogP contribution is 2.31. The molecule has 2 N–H and O–H groups in total. The molecule has 0 aromatic heterocycles. The lowest BCUT2D eigenvalue weighted by molar-refractivity contribution is -0.384. The highest BCUT2D eigenvalue weighted by molar-refractivity contribution is 8.26. The summed E-state index contributed by atoms with van der Waals surface area (Å²) in [5.74, 6) is -1.04. The number of nitro groups is 1. The predicted molar refractivity (Wildman–Crippen MR) is 104 cm³/mol. The van der Waals surface area contributed by atoms with Crippen LogP contribution in [-0.4, -0.2) is 31.2 Å². The summed E-state index contributed by atoms with van der Waals surface area (Å²) >= 11 is 6.15. The molecule has 27 heavy (non-hydrogen) atoms. The number of benzene rings is 2. The van der Waals surface area contributed by atoms with Crippen molar-refractivity contribution in [3.8, 4) is 5.75 Å². The van der Waals surface area contributed by atoms with Crippen LogP contribution in [0.4, 0.5) is 5.69 Å². The van der Waals surface area contributed by atoms with Crippen LogP contribution in [0.2, 0.25) is 0 Å². The van der Waals surface area contributed by atoms with Gasteiger partial charge >= 0.3 is 0 Å². The van der Waals surface area contributed by atoms with Crippen molar-refractivity contribution >= 4 is 51.9 Å². The minimum Gasteiger partial charge on any atom is -0.508 e. The number of carbonyl (C=O) groups excluding carboxylic acids is 2. The zero-order chi connectivity index (χ0) is 19.6. The first-order chi connectivity index (χ1) is 12.8. The molecule has 0 aliphatic carbocycles. The Morgan fingerprint density at radius 1 is 1.19 bits per heavy atom. The lowest BCUT2D eigenvalue weighted by Gasteiger charge is -2.15. The molecular weight excluding hydrogens is 390 g/mol. The van der Waals surface area contributed by atoms with Crippen LogP contribution in [0.15, 0.2) is 53.4 Å². The number of nitrogens with zero attached hydrogens (tertiary/aromatic N) is 2. The Labute approximate surface area is 162 Å². The van der Waals surface area contributed by atoms with E-state index in [-0.39, 0.29) is 26.2 Å². The first kappa shape index (κ1) is 18.5. The molecule has 0 radical (unpaired) electrons. The minimum absolute atomic E-state index is 0.0168. The first-order valence-electron chi connectivity index (χ1n) is 7.47. The molecule has 2 aromatic carbocycles. The van der Waals surface area contributed by atoms with Gasteiger partial charge in [-0.2, -0.15) is 5.01 Å². The van der Waals surface area contributed by atoms with Crippen molar-refractivity contribution in [3.63, 3.8) is 0 Å². The third kappa shape index (κ3) is 4.13. The Morgan fingerprint density at radius 2 is 1.81 bits per heavy atom. The molecule has 136 valence electrons.